The molecule has 1 amide bonds. The van der Waals surface area contributed by atoms with E-state index in [0.717, 1.165) is 25.7 Å². The van der Waals surface area contributed by atoms with Gasteiger partial charge < -0.3 is 4.90 Å². The van der Waals surface area contributed by atoms with Gasteiger partial charge in [-0.1, -0.05) is 24.4 Å². The number of carbonyl (C=O) groups excluding carboxylic acids is 1. The Morgan fingerprint density at radius 1 is 1.40 bits per heavy atom. The quantitative estimate of drug-likeness (QED) is 0.618. The van der Waals surface area contributed by atoms with Crippen LogP contribution in [-0.4, -0.2) is 28.3 Å². The third-order valence-electron chi connectivity index (χ3n) is 3.70. The first-order valence-corrected chi connectivity index (χ1v) is 7.13. The molecule has 1 heterocycles. The van der Waals surface area contributed by atoms with E-state index < -0.39 is 4.92 Å². The van der Waals surface area contributed by atoms with Crippen LogP contribution in [0.15, 0.2) is 18.2 Å². The Hall–Kier alpha value is -1.62. The van der Waals surface area contributed by atoms with E-state index in [-0.39, 0.29) is 23.2 Å². The molecule has 1 saturated heterocycles. The molecule has 0 aromatic heterocycles. The Morgan fingerprint density at radius 2 is 2.15 bits per heavy atom. The largest absolute Gasteiger partial charge is 0.336 e. The van der Waals surface area contributed by atoms with E-state index in [2.05, 4.69) is 0 Å². The third kappa shape index (κ3) is 3.10. The third-order valence-corrected chi connectivity index (χ3v) is 3.93. The number of rotatable bonds is 2. The molecule has 0 N–H and O–H groups in total. The molecule has 108 valence electrons. The van der Waals surface area contributed by atoms with Crippen molar-refractivity contribution in [3.63, 3.8) is 0 Å². The van der Waals surface area contributed by atoms with E-state index in [0.29, 0.717) is 11.6 Å². The zero-order valence-corrected chi connectivity index (χ0v) is 12.1. The van der Waals surface area contributed by atoms with Gasteiger partial charge in [0.2, 0.25) is 0 Å². The summed E-state index contributed by atoms with van der Waals surface area (Å²) >= 11 is 5.88. The van der Waals surface area contributed by atoms with Gasteiger partial charge in [0.25, 0.3) is 11.6 Å². The van der Waals surface area contributed by atoms with E-state index >= 15 is 0 Å². The van der Waals surface area contributed by atoms with Crippen LogP contribution in [0.2, 0.25) is 5.02 Å². The SMILES string of the molecule is CC1CCCCCN1C(=O)c1cc(Cl)ccc1[N+](=O)[O-]. The standard InChI is InChI=1S/C14H17ClN2O3/c1-10-5-3-2-4-8-16(10)14(18)12-9-11(15)6-7-13(12)17(19)20/h6-7,9-10H,2-5,8H2,1H3. The van der Waals surface area contributed by atoms with Crippen molar-refractivity contribution in [1.29, 1.82) is 0 Å². The molecule has 5 nitrogen and oxygen atoms in total. The lowest BCUT2D eigenvalue weighted by Crippen LogP contribution is -2.38. The molecule has 1 aliphatic heterocycles. The molecular formula is C14H17ClN2O3. The van der Waals surface area contributed by atoms with Crippen LogP contribution in [0.3, 0.4) is 0 Å². The molecule has 20 heavy (non-hydrogen) atoms. The van der Waals surface area contributed by atoms with E-state index in [4.69, 9.17) is 11.6 Å². The normalized spacial score (nSPS) is 19.5. The van der Waals surface area contributed by atoms with E-state index in [1.807, 2.05) is 6.92 Å². The zero-order valence-electron chi connectivity index (χ0n) is 11.3. The summed E-state index contributed by atoms with van der Waals surface area (Å²) in [5, 5.41) is 11.4. The lowest BCUT2D eigenvalue weighted by atomic mass is 10.1. The number of nitro groups is 1. The highest BCUT2D eigenvalue weighted by Gasteiger charge is 2.28. The molecule has 1 fully saturated rings. The molecule has 0 spiro atoms. The second-order valence-electron chi connectivity index (χ2n) is 5.12. The van der Waals surface area contributed by atoms with Crippen molar-refractivity contribution in [3.8, 4) is 0 Å². The summed E-state index contributed by atoms with van der Waals surface area (Å²) in [6.07, 6.45) is 4.04. The molecule has 6 heteroatoms. The molecule has 0 aliphatic carbocycles. The van der Waals surface area contributed by atoms with Crippen LogP contribution in [-0.2, 0) is 0 Å². The molecule has 0 radical (unpaired) electrons. The summed E-state index contributed by atoms with van der Waals surface area (Å²) in [5.41, 5.74) is -0.105. The Bertz CT molecular complexity index is 533. The Labute approximate surface area is 122 Å². The Kier molecular flexibility index (Phi) is 4.60. The minimum atomic E-state index is -0.536. The van der Waals surface area contributed by atoms with Crippen LogP contribution >= 0.6 is 11.6 Å². The van der Waals surface area contributed by atoms with Gasteiger partial charge in [0.05, 0.1) is 4.92 Å². The van der Waals surface area contributed by atoms with Crippen molar-refractivity contribution in [2.75, 3.05) is 6.54 Å². The van der Waals surface area contributed by atoms with Gasteiger partial charge in [-0.3, -0.25) is 14.9 Å². The van der Waals surface area contributed by atoms with Gasteiger partial charge in [-0.05, 0) is 31.9 Å². The van der Waals surface area contributed by atoms with Crippen LogP contribution in [0, 0.1) is 10.1 Å². The summed E-state index contributed by atoms with van der Waals surface area (Å²) in [4.78, 5) is 24.9. The Morgan fingerprint density at radius 3 is 2.85 bits per heavy atom. The van der Waals surface area contributed by atoms with Gasteiger partial charge in [0.15, 0.2) is 0 Å². The van der Waals surface area contributed by atoms with Gasteiger partial charge in [0, 0.05) is 23.7 Å². The zero-order chi connectivity index (χ0) is 14.7. The first-order chi connectivity index (χ1) is 9.50. The molecule has 1 aromatic carbocycles. The second-order valence-corrected chi connectivity index (χ2v) is 5.55. The van der Waals surface area contributed by atoms with Crippen molar-refractivity contribution >= 4 is 23.2 Å². The number of nitrogens with zero attached hydrogens (tertiary/aromatic N) is 2. The summed E-state index contributed by atoms with van der Waals surface area (Å²) in [6, 6.07) is 4.21. The van der Waals surface area contributed by atoms with Crippen molar-refractivity contribution in [2.45, 2.75) is 38.6 Å². The Balaban J connectivity index is 2.36. The first-order valence-electron chi connectivity index (χ1n) is 6.75. The number of nitro benzene ring substituents is 1. The van der Waals surface area contributed by atoms with E-state index in [1.54, 1.807) is 4.90 Å². The van der Waals surface area contributed by atoms with Crippen LogP contribution in [0.4, 0.5) is 5.69 Å². The molecule has 0 bridgehead atoms. The van der Waals surface area contributed by atoms with Crippen LogP contribution < -0.4 is 0 Å². The lowest BCUT2D eigenvalue weighted by Gasteiger charge is -2.27. The van der Waals surface area contributed by atoms with Gasteiger partial charge in [-0.25, -0.2) is 0 Å². The molecule has 2 rings (SSSR count). The fourth-order valence-electron chi connectivity index (χ4n) is 2.57. The number of hydrogen-bond acceptors (Lipinski definition) is 3. The summed E-state index contributed by atoms with van der Waals surface area (Å²) < 4.78 is 0. The smallest absolute Gasteiger partial charge is 0.282 e. The average molecular weight is 297 g/mol. The van der Waals surface area contributed by atoms with Crippen molar-refractivity contribution in [2.24, 2.45) is 0 Å². The maximum Gasteiger partial charge on any atom is 0.282 e. The summed E-state index contributed by atoms with van der Waals surface area (Å²) in [6.45, 7) is 2.63. The number of carbonyl (C=O) groups is 1. The van der Waals surface area contributed by atoms with Gasteiger partial charge in [0.1, 0.15) is 5.56 Å². The minimum absolute atomic E-state index is 0.0799. The number of amides is 1. The van der Waals surface area contributed by atoms with Crippen molar-refractivity contribution < 1.29 is 9.72 Å². The molecule has 1 atom stereocenters. The number of likely N-dealkylation sites (tertiary alicyclic amines) is 1. The average Bonchev–Trinajstić information content (AvgIpc) is 2.62. The number of hydrogen-bond donors (Lipinski definition) is 0. The predicted octanol–water partition coefficient (Wildman–Crippen LogP) is 3.65. The molecule has 1 aliphatic rings. The minimum Gasteiger partial charge on any atom is -0.336 e. The van der Waals surface area contributed by atoms with Crippen LogP contribution in [0.25, 0.3) is 0 Å². The summed E-state index contributed by atoms with van der Waals surface area (Å²) in [5.74, 6) is -0.298. The van der Waals surface area contributed by atoms with Crippen molar-refractivity contribution in [3.05, 3.63) is 38.9 Å². The highest BCUT2D eigenvalue weighted by molar-refractivity contribution is 6.31. The van der Waals surface area contributed by atoms with Gasteiger partial charge >= 0.3 is 0 Å². The summed E-state index contributed by atoms with van der Waals surface area (Å²) in [7, 11) is 0. The second kappa shape index (κ2) is 6.22. The highest BCUT2D eigenvalue weighted by Crippen LogP contribution is 2.26. The topological polar surface area (TPSA) is 63.5 Å². The van der Waals surface area contributed by atoms with E-state index in [1.165, 1.54) is 18.2 Å². The number of halogens is 1. The monoisotopic (exact) mass is 296 g/mol. The van der Waals surface area contributed by atoms with Gasteiger partial charge in [-0.2, -0.15) is 0 Å². The van der Waals surface area contributed by atoms with Crippen LogP contribution in [0.5, 0.6) is 0 Å². The molecular weight excluding hydrogens is 280 g/mol. The van der Waals surface area contributed by atoms with Crippen molar-refractivity contribution in [1.82, 2.24) is 4.90 Å². The molecule has 1 aromatic rings. The van der Waals surface area contributed by atoms with E-state index in [9.17, 15) is 14.9 Å². The molecule has 1 unspecified atom stereocenters. The predicted molar refractivity (Wildman–Crippen MR) is 77.1 cm³/mol. The first kappa shape index (κ1) is 14.8. The fraction of sp³-hybridized carbons (Fsp3) is 0.500. The van der Waals surface area contributed by atoms with Crippen LogP contribution in [0.1, 0.15) is 43.0 Å². The van der Waals surface area contributed by atoms with Gasteiger partial charge in [-0.15, -0.1) is 0 Å². The fourth-order valence-corrected chi connectivity index (χ4v) is 2.74. The lowest BCUT2D eigenvalue weighted by molar-refractivity contribution is -0.385. The number of benzene rings is 1. The maximum absolute atomic E-state index is 12.6. The maximum atomic E-state index is 12.6. The molecule has 0 saturated carbocycles. The highest BCUT2D eigenvalue weighted by atomic mass is 35.5.